The predicted molar refractivity (Wildman–Crippen MR) is 61.6 cm³/mol. The highest BCUT2D eigenvalue weighted by Crippen LogP contribution is 2.17. The highest BCUT2D eigenvalue weighted by molar-refractivity contribution is 5.58. The fourth-order valence-corrected chi connectivity index (χ4v) is 1.65. The normalized spacial score (nSPS) is 10.3. The van der Waals surface area contributed by atoms with Crippen LogP contribution in [-0.4, -0.2) is 9.97 Å². The molecule has 2 aromatic rings. The van der Waals surface area contributed by atoms with Crippen LogP contribution in [0.2, 0.25) is 0 Å². The van der Waals surface area contributed by atoms with Gasteiger partial charge < -0.3 is 0 Å². The molecule has 2 nitrogen and oxygen atoms in total. The molecule has 2 rings (SSSR count). The van der Waals surface area contributed by atoms with E-state index in [0.717, 1.165) is 23.4 Å². The molecule has 0 amide bonds. The van der Waals surface area contributed by atoms with Crippen molar-refractivity contribution in [2.75, 3.05) is 0 Å². The van der Waals surface area contributed by atoms with Crippen LogP contribution < -0.4 is 0 Å². The van der Waals surface area contributed by atoms with Gasteiger partial charge in [0.05, 0.1) is 5.69 Å². The number of rotatable bonds is 2. The minimum absolute atomic E-state index is 1.02. The molecular weight excluding hydrogens is 184 g/mol. The molecule has 15 heavy (non-hydrogen) atoms. The maximum Gasteiger partial charge on any atom is 0.0706 e. The van der Waals surface area contributed by atoms with E-state index in [4.69, 9.17) is 0 Å². The second kappa shape index (κ2) is 4.22. The van der Waals surface area contributed by atoms with Crippen LogP contribution in [0.1, 0.15) is 18.2 Å². The first-order valence-corrected chi connectivity index (χ1v) is 5.18. The summed E-state index contributed by atoms with van der Waals surface area (Å²) in [6.07, 6.45) is 4.62. The first-order chi connectivity index (χ1) is 7.31. The van der Waals surface area contributed by atoms with Crippen molar-refractivity contribution in [2.45, 2.75) is 20.3 Å². The Bertz CT molecular complexity index is 449. The summed E-state index contributed by atoms with van der Waals surface area (Å²) in [6, 6.07) is 8.18. The van der Waals surface area contributed by atoms with E-state index >= 15 is 0 Å². The number of hydrogen-bond donors (Lipinski definition) is 0. The Morgan fingerprint density at radius 1 is 1.07 bits per heavy atom. The zero-order chi connectivity index (χ0) is 10.7. The minimum atomic E-state index is 1.02. The molecule has 0 N–H and O–H groups in total. The summed E-state index contributed by atoms with van der Waals surface area (Å²) in [6.45, 7) is 4.21. The van der Waals surface area contributed by atoms with Gasteiger partial charge in [-0.15, -0.1) is 0 Å². The molecule has 0 fully saturated rings. The van der Waals surface area contributed by atoms with E-state index in [1.54, 1.807) is 12.4 Å². The minimum Gasteiger partial charge on any atom is -0.265 e. The first kappa shape index (κ1) is 9.84. The third-order valence-corrected chi connectivity index (χ3v) is 2.55. The van der Waals surface area contributed by atoms with Gasteiger partial charge in [-0.05, 0) is 37.1 Å². The Morgan fingerprint density at radius 2 is 1.80 bits per heavy atom. The summed E-state index contributed by atoms with van der Waals surface area (Å²) < 4.78 is 0. The molecule has 0 saturated heterocycles. The smallest absolute Gasteiger partial charge is 0.0706 e. The van der Waals surface area contributed by atoms with E-state index in [-0.39, 0.29) is 0 Å². The lowest BCUT2D eigenvalue weighted by molar-refractivity contribution is 1.05. The number of hydrogen-bond acceptors (Lipinski definition) is 2. The second-order valence-corrected chi connectivity index (χ2v) is 3.53. The highest BCUT2D eigenvalue weighted by atomic mass is 14.7. The van der Waals surface area contributed by atoms with Gasteiger partial charge in [-0.2, -0.15) is 0 Å². The number of pyridine rings is 2. The average Bonchev–Trinajstić information content (AvgIpc) is 2.30. The van der Waals surface area contributed by atoms with Crippen LogP contribution in [0.5, 0.6) is 0 Å². The van der Waals surface area contributed by atoms with Crippen LogP contribution in [0.25, 0.3) is 11.3 Å². The van der Waals surface area contributed by atoms with Crippen molar-refractivity contribution in [1.82, 2.24) is 9.97 Å². The zero-order valence-electron chi connectivity index (χ0n) is 9.07. The van der Waals surface area contributed by atoms with E-state index in [1.165, 1.54) is 5.56 Å². The molecule has 0 aromatic carbocycles. The van der Waals surface area contributed by atoms with Crippen molar-refractivity contribution in [3.8, 4) is 11.3 Å². The Morgan fingerprint density at radius 3 is 2.40 bits per heavy atom. The van der Waals surface area contributed by atoms with Crippen LogP contribution >= 0.6 is 0 Å². The van der Waals surface area contributed by atoms with Gasteiger partial charge in [0, 0.05) is 23.7 Å². The summed E-state index contributed by atoms with van der Waals surface area (Å²) in [7, 11) is 0. The maximum atomic E-state index is 4.59. The maximum absolute atomic E-state index is 4.59. The average molecular weight is 198 g/mol. The molecule has 0 spiro atoms. The van der Waals surface area contributed by atoms with Crippen LogP contribution in [-0.2, 0) is 6.42 Å². The van der Waals surface area contributed by atoms with E-state index in [2.05, 4.69) is 35.9 Å². The van der Waals surface area contributed by atoms with Crippen molar-refractivity contribution >= 4 is 0 Å². The highest BCUT2D eigenvalue weighted by Gasteiger charge is 2.01. The van der Waals surface area contributed by atoms with Crippen molar-refractivity contribution in [1.29, 1.82) is 0 Å². The molecule has 2 aromatic heterocycles. The van der Waals surface area contributed by atoms with Crippen LogP contribution in [0.3, 0.4) is 0 Å². The van der Waals surface area contributed by atoms with Gasteiger partial charge in [-0.1, -0.05) is 13.0 Å². The summed E-state index contributed by atoms with van der Waals surface area (Å²) >= 11 is 0. The quantitative estimate of drug-likeness (QED) is 0.741. The Balaban J connectivity index is 2.43. The molecule has 0 saturated carbocycles. The Labute approximate surface area is 90.0 Å². The molecule has 2 heterocycles. The Kier molecular flexibility index (Phi) is 2.77. The largest absolute Gasteiger partial charge is 0.265 e. The van der Waals surface area contributed by atoms with Gasteiger partial charge in [-0.3, -0.25) is 9.97 Å². The molecule has 0 bridgehead atoms. The second-order valence-electron chi connectivity index (χ2n) is 3.53. The molecule has 0 aliphatic rings. The fourth-order valence-electron chi connectivity index (χ4n) is 1.65. The van der Waals surface area contributed by atoms with E-state index in [0.29, 0.717) is 0 Å². The third-order valence-electron chi connectivity index (χ3n) is 2.55. The molecule has 0 aliphatic carbocycles. The lowest BCUT2D eigenvalue weighted by Gasteiger charge is -2.05. The molecule has 0 unspecified atom stereocenters. The standard InChI is InChI=1S/C13H14N2/c1-3-11-4-5-13(15-10(11)2)12-6-8-14-9-7-12/h4-9H,3H2,1-2H3. The van der Waals surface area contributed by atoms with E-state index in [9.17, 15) is 0 Å². The van der Waals surface area contributed by atoms with E-state index < -0.39 is 0 Å². The lowest BCUT2D eigenvalue weighted by atomic mass is 10.1. The fraction of sp³-hybridized carbons (Fsp3) is 0.231. The van der Waals surface area contributed by atoms with Crippen molar-refractivity contribution < 1.29 is 0 Å². The molecule has 76 valence electrons. The summed E-state index contributed by atoms with van der Waals surface area (Å²) in [5.41, 5.74) is 4.57. The Hall–Kier alpha value is -1.70. The van der Waals surface area contributed by atoms with Crippen molar-refractivity contribution in [3.63, 3.8) is 0 Å². The van der Waals surface area contributed by atoms with Gasteiger partial charge in [0.15, 0.2) is 0 Å². The third kappa shape index (κ3) is 2.04. The van der Waals surface area contributed by atoms with E-state index in [1.807, 2.05) is 12.1 Å². The molecular formula is C13H14N2. The number of aryl methyl sites for hydroxylation is 2. The summed E-state index contributed by atoms with van der Waals surface area (Å²) in [5, 5.41) is 0. The van der Waals surface area contributed by atoms with Crippen LogP contribution in [0.4, 0.5) is 0 Å². The molecule has 2 heteroatoms. The van der Waals surface area contributed by atoms with Gasteiger partial charge in [0.1, 0.15) is 0 Å². The van der Waals surface area contributed by atoms with Crippen molar-refractivity contribution in [3.05, 3.63) is 47.9 Å². The van der Waals surface area contributed by atoms with Crippen LogP contribution in [0.15, 0.2) is 36.7 Å². The zero-order valence-corrected chi connectivity index (χ0v) is 9.07. The SMILES string of the molecule is CCc1ccc(-c2ccncc2)nc1C. The van der Waals surface area contributed by atoms with Gasteiger partial charge in [0.2, 0.25) is 0 Å². The van der Waals surface area contributed by atoms with Gasteiger partial charge >= 0.3 is 0 Å². The molecule has 0 aliphatic heterocycles. The van der Waals surface area contributed by atoms with Gasteiger partial charge in [-0.25, -0.2) is 0 Å². The van der Waals surface area contributed by atoms with Crippen LogP contribution in [0, 0.1) is 6.92 Å². The summed E-state index contributed by atoms with van der Waals surface area (Å²) in [4.78, 5) is 8.59. The van der Waals surface area contributed by atoms with Crippen molar-refractivity contribution in [2.24, 2.45) is 0 Å². The predicted octanol–water partition coefficient (Wildman–Crippen LogP) is 3.01. The molecule has 0 radical (unpaired) electrons. The number of nitrogens with zero attached hydrogens (tertiary/aromatic N) is 2. The number of aromatic nitrogens is 2. The lowest BCUT2D eigenvalue weighted by Crippen LogP contribution is -1.93. The van der Waals surface area contributed by atoms with Gasteiger partial charge in [0.25, 0.3) is 0 Å². The summed E-state index contributed by atoms with van der Waals surface area (Å²) in [5.74, 6) is 0. The monoisotopic (exact) mass is 198 g/mol. The topological polar surface area (TPSA) is 25.8 Å². The molecule has 0 atom stereocenters. The first-order valence-electron chi connectivity index (χ1n) is 5.18.